The predicted molar refractivity (Wildman–Crippen MR) is 117 cm³/mol. The Balaban J connectivity index is 1.64. The number of anilines is 1. The van der Waals surface area contributed by atoms with Crippen molar-refractivity contribution in [1.82, 2.24) is 4.72 Å². The van der Waals surface area contributed by atoms with E-state index in [2.05, 4.69) is 10.0 Å². The summed E-state index contributed by atoms with van der Waals surface area (Å²) in [6.45, 7) is 3.42. The van der Waals surface area contributed by atoms with Gasteiger partial charge in [0, 0.05) is 16.8 Å². The van der Waals surface area contributed by atoms with Gasteiger partial charge in [0.1, 0.15) is 19.3 Å². The van der Waals surface area contributed by atoms with E-state index in [1.807, 2.05) is 0 Å². The topological polar surface area (TPSA) is 120 Å². The Labute approximate surface area is 191 Å². The highest BCUT2D eigenvalue weighted by molar-refractivity contribution is 7.89. The Kier molecular flexibility index (Phi) is 7.60. The lowest BCUT2D eigenvalue weighted by atomic mass is 10.1. The van der Waals surface area contributed by atoms with Crippen molar-refractivity contribution in [1.29, 1.82) is 0 Å². The van der Waals surface area contributed by atoms with Crippen LogP contribution in [0.3, 0.4) is 0 Å². The van der Waals surface area contributed by atoms with Crippen LogP contribution >= 0.6 is 11.6 Å². The molecule has 0 saturated heterocycles. The Morgan fingerprint density at radius 1 is 1.09 bits per heavy atom. The summed E-state index contributed by atoms with van der Waals surface area (Å²) in [5.74, 6) is -1.15. The number of sulfonamides is 1. The van der Waals surface area contributed by atoms with Crippen LogP contribution in [0.4, 0.5) is 5.69 Å². The Morgan fingerprint density at radius 3 is 2.50 bits per heavy atom. The highest BCUT2D eigenvalue weighted by atomic mass is 35.5. The SMILES string of the molecule is CC(C)[C@H](NS(=O)(=O)c1ccc2c(c1)OCCO2)C(=O)OCC(=O)Nc1cccc(Cl)c1. The second-order valence-corrected chi connectivity index (χ2v) is 9.47. The van der Waals surface area contributed by atoms with E-state index >= 15 is 0 Å². The van der Waals surface area contributed by atoms with Gasteiger partial charge in [0.2, 0.25) is 10.0 Å². The number of amides is 1. The molecule has 1 heterocycles. The first-order valence-corrected chi connectivity index (χ1v) is 11.7. The second kappa shape index (κ2) is 10.2. The molecule has 0 saturated carbocycles. The third-order valence-corrected chi connectivity index (χ3v) is 6.15. The maximum atomic E-state index is 12.8. The van der Waals surface area contributed by atoms with E-state index in [1.54, 1.807) is 38.1 Å². The summed E-state index contributed by atoms with van der Waals surface area (Å²) in [5, 5.41) is 2.98. The third kappa shape index (κ3) is 6.12. The quantitative estimate of drug-likeness (QED) is 0.555. The zero-order chi connectivity index (χ0) is 23.3. The highest BCUT2D eigenvalue weighted by Crippen LogP contribution is 2.32. The molecule has 0 radical (unpaired) electrons. The van der Waals surface area contributed by atoms with Crippen molar-refractivity contribution in [2.24, 2.45) is 5.92 Å². The maximum Gasteiger partial charge on any atom is 0.324 e. The van der Waals surface area contributed by atoms with Crippen LogP contribution in [0.5, 0.6) is 11.5 Å². The van der Waals surface area contributed by atoms with Gasteiger partial charge in [-0.2, -0.15) is 4.72 Å². The number of hydrogen-bond acceptors (Lipinski definition) is 7. The van der Waals surface area contributed by atoms with E-state index < -0.39 is 40.5 Å². The lowest BCUT2D eigenvalue weighted by Crippen LogP contribution is -2.45. The normalized spacial score (nSPS) is 14.0. The van der Waals surface area contributed by atoms with E-state index in [1.165, 1.54) is 18.2 Å². The standard InChI is InChI=1S/C21H23ClN2O7S/c1-13(2)20(21(26)31-12-19(25)23-15-5-3-4-14(22)10-15)24-32(27,28)16-6-7-17-18(11-16)30-9-8-29-17/h3-7,10-11,13,20,24H,8-9,12H2,1-2H3,(H,23,25)/t20-/m0/s1. The van der Waals surface area contributed by atoms with Gasteiger partial charge in [-0.3, -0.25) is 9.59 Å². The van der Waals surface area contributed by atoms with Crippen molar-refractivity contribution in [3.63, 3.8) is 0 Å². The minimum absolute atomic E-state index is 0.0844. The van der Waals surface area contributed by atoms with Crippen LogP contribution in [0.1, 0.15) is 13.8 Å². The summed E-state index contributed by atoms with van der Waals surface area (Å²) in [6, 6.07) is 9.46. The zero-order valence-corrected chi connectivity index (χ0v) is 19.0. The van der Waals surface area contributed by atoms with Crippen molar-refractivity contribution in [2.45, 2.75) is 24.8 Å². The summed E-state index contributed by atoms with van der Waals surface area (Å²) < 4.78 is 43.9. The van der Waals surface area contributed by atoms with E-state index in [0.29, 0.717) is 35.4 Å². The molecule has 2 N–H and O–H groups in total. The number of carbonyl (C=O) groups is 2. The first kappa shape index (κ1) is 23.8. The van der Waals surface area contributed by atoms with Crippen molar-refractivity contribution >= 4 is 39.2 Å². The number of hydrogen-bond donors (Lipinski definition) is 2. The molecule has 9 nitrogen and oxygen atoms in total. The molecule has 0 bridgehead atoms. The minimum atomic E-state index is -4.08. The zero-order valence-electron chi connectivity index (χ0n) is 17.5. The van der Waals surface area contributed by atoms with Crippen molar-refractivity contribution in [2.75, 3.05) is 25.1 Å². The van der Waals surface area contributed by atoms with Gasteiger partial charge in [0.05, 0.1) is 4.90 Å². The molecule has 0 aliphatic carbocycles. The molecule has 0 spiro atoms. The number of esters is 1. The molecule has 0 unspecified atom stereocenters. The minimum Gasteiger partial charge on any atom is -0.486 e. The molecule has 3 rings (SSSR count). The molecule has 1 atom stereocenters. The van der Waals surface area contributed by atoms with Crippen LogP contribution in [0.15, 0.2) is 47.4 Å². The largest absolute Gasteiger partial charge is 0.486 e. The van der Waals surface area contributed by atoms with Crippen molar-refractivity contribution in [3.8, 4) is 11.5 Å². The molecule has 2 aromatic rings. The molecule has 11 heteroatoms. The van der Waals surface area contributed by atoms with Crippen LogP contribution in [-0.4, -0.2) is 46.2 Å². The fraction of sp³-hybridized carbons (Fsp3) is 0.333. The number of nitrogens with one attached hydrogen (secondary N) is 2. The summed E-state index contributed by atoms with van der Waals surface area (Å²) in [5.41, 5.74) is 0.443. The van der Waals surface area contributed by atoms with Crippen LogP contribution in [0.25, 0.3) is 0 Å². The van der Waals surface area contributed by atoms with Gasteiger partial charge < -0.3 is 19.5 Å². The van der Waals surface area contributed by atoms with Gasteiger partial charge in [0.15, 0.2) is 18.1 Å². The number of halogens is 1. The number of fused-ring (bicyclic) bond motifs is 1. The lowest BCUT2D eigenvalue weighted by molar-refractivity contribution is -0.150. The second-order valence-electron chi connectivity index (χ2n) is 7.31. The summed E-state index contributed by atoms with van der Waals surface area (Å²) in [6.07, 6.45) is 0. The number of rotatable bonds is 8. The lowest BCUT2D eigenvalue weighted by Gasteiger charge is -2.22. The molecule has 172 valence electrons. The van der Waals surface area contributed by atoms with Gasteiger partial charge in [-0.05, 0) is 36.2 Å². The van der Waals surface area contributed by atoms with E-state index in [0.717, 1.165) is 0 Å². The van der Waals surface area contributed by atoms with Crippen molar-refractivity contribution < 1.29 is 32.2 Å². The van der Waals surface area contributed by atoms with Gasteiger partial charge in [-0.15, -0.1) is 0 Å². The smallest absolute Gasteiger partial charge is 0.324 e. The first-order valence-electron chi connectivity index (χ1n) is 9.80. The summed E-state index contributed by atoms with van der Waals surface area (Å²) in [7, 11) is -4.08. The Bertz CT molecular complexity index is 1110. The average Bonchev–Trinajstić information content (AvgIpc) is 2.75. The fourth-order valence-electron chi connectivity index (χ4n) is 2.87. The van der Waals surface area contributed by atoms with Crippen LogP contribution < -0.4 is 19.5 Å². The number of ether oxygens (including phenoxy) is 3. The molecular formula is C21H23ClN2O7S. The molecule has 2 aromatic carbocycles. The van der Waals surface area contributed by atoms with Crippen LogP contribution in [0, 0.1) is 5.92 Å². The van der Waals surface area contributed by atoms with Gasteiger partial charge in [0.25, 0.3) is 5.91 Å². The van der Waals surface area contributed by atoms with Gasteiger partial charge in [-0.25, -0.2) is 8.42 Å². The monoisotopic (exact) mass is 482 g/mol. The van der Waals surface area contributed by atoms with E-state index in [9.17, 15) is 18.0 Å². The summed E-state index contributed by atoms with van der Waals surface area (Å²) >= 11 is 5.87. The fourth-order valence-corrected chi connectivity index (χ4v) is 4.41. The first-order chi connectivity index (χ1) is 15.2. The predicted octanol–water partition coefficient (Wildman–Crippen LogP) is 2.60. The number of carbonyl (C=O) groups excluding carboxylic acids is 2. The molecule has 0 aromatic heterocycles. The highest BCUT2D eigenvalue weighted by Gasteiger charge is 2.31. The third-order valence-electron chi connectivity index (χ3n) is 4.48. The van der Waals surface area contributed by atoms with Gasteiger partial charge >= 0.3 is 5.97 Å². The van der Waals surface area contributed by atoms with Crippen LogP contribution in [-0.2, 0) is 24.3 Å². The average molecular weight is 483 g/mol. The van der Waals surface area contributed by atoms with Crippen molar-refractivity contribution in [3.05, 3.63) is 47.5 Å². The van der Waals surface area contributed by atoms with Gasteiger partial charge in [-0.1, -0.05) is 31.5 Å². The van der Waals surface area contributed by atoms with Crippen LogP contribution in [0.2, 0.25) is 5.02 Å². The maximum absolute atomic E-state index is 12.8. The molecule has 1 amide bonds. The summed E-state index contributed by atoms with van der Waals surface area (Å²) in [4.78, 5) is 24.5. The number of benzene rings is 2. The Morgan fingerprint density at radius 2 is 1.81 bits per heavy atom. The Hall–Kier alpha value is -2.82. The molecule has 1 aliphatic rings. The van der Waals surface area contributed by atoms with E-state index in [4.69, 9.17) is 25.8 Å². The molecular weight excluding hydrogens is 460 g/mol. The molecule has 32 heavy (non-hydrogen) atoms. The molecule has 1 aliphatic heterocycles. The molecule has 0 fully saturated rings. The van der Waals surface area contributed by atoms with E-state index in [-0.39, 0.29) is 4.90 Å².